The first-order valence-electron chi connectivity index (χ1n) is 9.74. The normalized spacial score (nSPS) is 11.6. The fourth-order valence-corrected chi connectivity index (χ4v) is 3.28. The molecule has 0 aliphatic heterocycles. The molecule has 0 aromatic heterocycles. The van der Waals surface area contributed by atoms with Crippen LogP contribution in [0.5, 0.6) is 5.75 Å². The van der Waals surface area contributed by atoms with Crippen LogP contribution in [0.1, 0.15) is 37.0 Å². The van der Waals surface area contributed by atoms with Gasteiger partial charge in [0.15, 0.2) is 0 Å². The minimum atomic E-state index is -0.511. The number of aryl methyl sites for hydroxylation is 1. The first kappa shape index (κ1) is 21.5. The van der Waals surface area contributed by atoms with Crippen LogP contribution in [-0.2, 0) is 22.6 Å². The van der Waals surface area contributed by atoms with Crippen LogP contribution >= 0.6 is 0 Å². The Morgan fingerprint density at radius 2 is 1.79 bits per heavy atom. The van der Waals surface area contributed by atoms with E-state index in [-0.39, 0.29) is 18.2 Å². The van der Waals surface area contributed by atoms with Crippen molar-refractivity contribution in [1.29, 1.82) is 0 Å². The van der Waals surface area contributed by atoms with Gasteiger partial charge >= 0.3 is 0 Å². The summed E-state index contributed by atoms with van der Waals surface area (Å²) in [5, 5.41) is 2.86. The molecule has 0 heterocycles. The molecule has 1 N–H and O–H groups in total. The summed E-state index contributed by atoms with van der Waals surface area (Å²) in [7, 11) is 1.61. The molecule has 0 fully saturated rings. The zero-order chi connectivity index (χ0) is 20.5. The van der Waals surface area contributed by atoms with Crippen molar-refractivity contribution in [3.8, 4) is 5.75 Å². The van der Waals surface area contributed by atoms with E-state index in [0.29, 0.717) is 19.5 Å². The number of carbonyl (C=O) groups is 2. The second-order valence-corrected chi connectivity index (χ2v) is 6.86. The van der Waals surface area contributed by atoms with Crippen LogP contribution in [0.4, 0.5) is 0 Å². The quantitative estimate of drug-likeness (QED) is 0.722. The molecular weight excluding hydrogens is 352 g/mol. The number of hydrogen-bond acceptors (Lipinski definition) is 3. The number of benzene rings is 2. The van der Waals surface area contributed by atoms with Gasteiger partial charge in [0.25, 0.3) is 0 Å². The van der Waals surface area contributed by atoms with Crippen LogP contribution in [0.25, 0.3) is 0 Å². The molecule has 0 aliphatic rings. The number of likely N-dealkylation sites (N-methyl/N-ethyl adjacent to an activating group) is 1. The van der Waals surface area contributed by atoms with Gasteiger partial charge in [-0.2, -0.15) is 0 Å². The number of hydrogen-bond donors (Lipinski definition) is 1. The Kier molecular flexibility index (Phi) is 8.05. The van der Waals surface area contributed by atoms with Crippen LogP contribution in [-0.4, -0.2) is 36.4 Å². The molecule has 0 unspecified atom stereocenters. The number of ether oxygens (including phenoxy) is 1. The average molecular weight is 383 g/mol. The van der Waals surface area contributed by atoms with Gasteiger partial charge in [0.05, 0.1) is 13.5 Å². The largest absolute Gasteiger partial charge is 0.497 e. The second-order valence-electron chi connectivity index (χ2n) is 6.86. The van der Waals surface area contributed by atoms with E-state index in [4.69, 9.17) is 4.74 Å². The summed E-state index contributed by atoms with van der Waals surface area (Å²) in [6.45, 7) is 6.71. The van der Waals surface area contributed by atoms with Crippen LogP contribution in [0.2, 0.25) is 0 Å². The van der Waals surface area contributed by atoms with E-state index in [1.165, 1.54) is 0 Å². The molecule has 0 saturated heterocycles. The molecule has 0 radical (unpaired) electrons. The third-order valence-electron chi connectivity index (χ3n) is 4.66. The van der Waals surface area contributed by atoms with Gasteiger partial charge in [-0.05, 0) is 43.5 Å². The molecule has 1 atom stereocenters. The molecule has 2 amide bonds. The summed E-state index contributed by atoms with van der Waals surface area (Å²) < 4.78 is 5.30. The summed E-state index contributed by atoms with van der Waals surface area (Å²) in [6.07, 6.45) is 0.816. The lowest BCUT2D eigenvalue weighted by molar-refractivity contribution is -0.140. The monoisotopic (exact) mass is 382 g/mol. The molecule has 5 heteroatoms. The minimum absolute atomic E-state index is 0.0634. The van der Waals surface area contributed by atoms with Crippen molar-refractivity contribution in [3.63, 3.8) is 0 Å². The highest BCUT2D eigenvalue weighted by Crippen LogP contribution is 2.18. The van der Waals surface area contributed by atoms with Crippen LogP contribution in [0.3, 0.4) is 0 Å². The summed E-state index contributed by atoms with van der Waals surface area (Å²) in [6, 6.07) is 15.0. The highest BCUT2D eigenvalue weighted by molar-refractivity contribution is 5.88. The van der Waals surface area contributed by atoms with E-state index in [9.17, 15) is 9.59 Å². The first-order chi connectivity index (χ1) is 13.5. The number of rotatable bonds is 9. The van der Waals surface area contributed by atoms with Gasteiger partial charge in [0, 0.05) is 13.1 Å². The Morgan fingerprint density at radius 3 is 2.43 bits per heavy atom. The van der Waals surface area contributed by atoms with Crippen LogP contribution < -0.4 is 10.1 Å². The van der Waals surface area contributed by atoms with Gasteiger partial charge in [0.1, 0.15) is 11.8 Å². The first-order valence-corrected chi connectivity index (χ1v) is 9.74. The van der Waals surface area contributed by atoms with Crippen molar-refractivity contribution in [3.05, 3.63) is 65.2 Å². The van der Waals surface area contributed by atoms with Crippen molar-refractivity contribution >= 4 is 11.8 Å². The van der Waals surface area contributed by atoms with E-state index in [2.05, 4.69) is 5.32 Å². The topological polar surface area (TPSA) is 58.6 Å². The van der Waals surface area contributed by atoms with Gasteiger partial charge in [-0.1, -0.05) is 48.9 Å². The number of nitrogens with zero attached hydrogens (tertiary/aromatic N) is 1. The number of carbonyl (C=O) groups excluding carboxylic acids is 2. The van der Waals surface area contributed by atoms with Crippen molar-refractivity contribution in [2.24, 2.45) is 0 Å². The molecule has 5 nitrogen and oxygen atoms in total. The SMILES string of the molecule is CCNC(=O)[C@H](CC)N(Cc1cccc(OC)c1)C(=O)Cc1cccc(C)c1. The Bertz CT molecular complexity index is 804. The van der Waals surface area contributed by atoms with E-state index in [0.717, 1.165) is 22.4 Å². The number of nitrogens with one attached hydrogen (secondary N) is 1. The summed E-state index contributed by atoms with van der Waals surface area (Å²) in [5.41, 5.74) is 2.99. The summed E-state index contributed by atoms with van der Waals surface area (Å²) >= 11 is 0. The second kappa shape index (κ2) is 10.5. The lowest BCUT2D eigenvalue weighted by atomic mass is 10.1. The third-order valence-corrected chi connectivity index (χ3v) is 4.66. The molecule has 0 saturated carbocycles. The van der Waals surface area contributed by atoms with E-state index in [1.807, 2.05) is 69.3 Å². The lowest BCUT2D eigenvalue weighted by Crippen LogP contribution is -2.49. The van der Waals surface area contributed by atoms with Gasteiger partial charge < -0.3 is 15.0 Å². The van der Waals surface area contributed by atoms with E-state index < -0.39 is 6.04 Å². The standard InChI is InChI=1S/C23H30N2O3/c1-5-21(23(27)24-6-2)25(16-19-11-8-12-20(14-19)28-4)22(26)15-18-10-7-9-17(3)13-18/h7-14,21H,5-6,15-16H2,1-4H3,(H,24,27)/t21-/m0/s1. The smallest absolute Gasteiger partial charge is 0.242 e. The fraction of sp³-hybridized carbons (Fsp3) is 0.391. The van der Waals surface area contributed by atoms with Crippen LogP contribution in [0, 0.1) is 6.92 Å². The van der Waals surface area contributed by atoms with Gasteiger partial charge in [-0.3, -0.25) is 9.59 Å². The van der Waals surface area contributed by atoms with Crippen molar-refractivity contribution < 1.29 is 14.3 Å². The predicted molar refractivity (Wildman–Crippen MR) is 111 cm³/mol. The fourth-order valence-electron chi connectivity index (χ4n) is 3.28. The maximum absolute atomic E-state index is 13.2. The number of amides is 2. The maximum Gasteiger partial charge on any atom is 0.242 e. The molecule has 0 aliphatic carbocycles. The maximum atomic E-state index is 13.2. The third kappa shape index (κ3) is 5.84. The lowest BCUT2D eigenvalue weighted by Gasteiger charge is -2.30. The van der Waals surface area contributed by atoms with Gasteiger partial charge in [0.2, 0.25) is 11.8 Å². The van der Waals surface area contributed by atoms with Crippen molar-refractivity contribution in [2.75, 3.05) is 13.7 Å². The molecule has 2 aromatic carbocycles. The van der Waals surface area contributed by atoms with Crippen LogP contribution in [0.15, 0.2) is 48.5 Å². The zero-order valence-electron chi connectivity index (χ0n) is 17.2. The van der Waals surface area contributed by atoms with E-state index >= 15 is 0 Å². The molecule has 2 rings (SSSR count). The molecular formula is C23H30N2O3. The van der Waals surface area contributed by atoms with Crippen molar-refractivity contribution in [1.82, 2.24) is 10.2 Å². The Hall–Kier alpha value is -2.82. The highest BCUT2D eigenvalue weighted by atomic mass is 16.5. The Labute approximate surface area is 167 Å². The Balaban J connectivity index is 2.30. The highest BCUT2D eigenvalue weighted by Gasteiger charge is 2.28. The summed E-state index contributed by atoms with van der Waals surface area (Å²) in [5.74, 6) is 0.548. The van der Waals surface area contributed by atoms with Gasteiger partial charge in [-0.15, -0.1) is 0 Å². The molecule has 0 bridgehead atoms. The molecule has 150 valence electrons. The number of methoxy groups -OCH3 is 1. The summed E-state index contributed by atoms with van der Waals surface area (Å²) in [4.78, 5) is 27.5. The molecule has 2 aromatic rings. The Morgan fingerprint density at radius 1 is 1.07 bits per heavy atom. The van der Waals surface area contributed by atoms with Gasteiger partial charge in [-0.25, -0.2) is 0 Å². The average Bonchev–Trinajstić information content (AvgIpc) is 2.68. The van der Waals surface area contributed by atoms with E-state index in [1.54, 1.807) is 12.0 Å². The van der Waals surface area contributed by atoms with Crippen molar-refractivity contribution in [2.45, 2.75) is 46.2 Å². The molecule has 28 heavy (non-hydrogen) atoms. The zero-order valence-corrected chi connectivity index (χ0v) is 17.2. The minimum Gasteiger partial charge on any atom is -0.497 e. The molecule has 0 spiro atoms. The predicted octanol–water partition coefficient (Wildman–Crippen LogP) is 3.49.